The van der Waals surface area contributed by atoms with Gasteiger partial charge in [0, 0.05) is 15.9 Å². The van der Waals surface area contributed by atoms with Crippen LogP contribution in [0.4, 0.5) is 0 Å². The van der Waals surface area contributed by atoms with Gasteiger partial charge in [0.1, 0.15) is 0 Å². The van der Waals surface area contributed by atoms with Crippen molar-refractivity contribution in [3.63, 3.8) is 0 Å². The molecule has 0 aliphatic heterocycles. The van der Waals surface area contributed by atoms with E-state index < -0.39 is 7.14 Å². The van der Waals surface area contributed by atoms with Gasteiger partial charge in [-0.2, -0.15) is 0 Å². The molecule has 0 radical (unpaired) electrons. The minimum Gasteiger partial charge on any atom is -0.309 e. The fraction of sp³-hybridized carbons (Fsp3) is 0. The normalized spacial score (nSPS) is 11.9. The minimum absolute atomic E-state index is 0.857. The van der Waals surface area contributed by atoms with Gasteiger partial charge in [-0.05, 0) is 38.4 Å². The van der Waals surface area contributed by atoms with E-state index in [2.05, 4.69) is 60.7 Å². The highest BCUT2D eigenvalue weighted by Gasteiger charge is 2.31. The standard InChI is InChI=1S/C30H21OP/c31-32(23-12-3-1-4-13-23,24-14-5-2-6-15-24)30-21-29-25-16-8-7-11-22(25)19-20-27(29)26-17-9-10-18-28(26)30/h1-21H. The van der Waals surface area contributed by atoms with Crippen LogP contribution in [-0.4, -0.2) is 0 Å². The van der Waals surface area contributed by atoms with Crippen LogP contribution < -0.4 is 15.9 Å². The summed E-state index contributed by atoms with van der Waals surface area (Å²) in [6, 6.07) is 43.2. The Balaban J connectivity index is 1.83. The molecule has 0 N–H and O–H groups in total. The van der Waals surface area contributed by atoms with Crippen molar-refractivity contribution in [2.75, 3.05) is 0 Å². The summed E-state index contributed by atoms with van der Waals surface area (Å²) in [7, 11) is -3.10. The lowest BCUT2D eigenvalue weighted by molar-refractivity contribution is 0.592. The highest BCUT2D eigenvalue weighted by atomic mass is 31.2. The van der Waals surface area contributed by atoms with E-state index in [0.717, 1.165) is 32.1 Å². The van der Waals surface area contributed by atoms with Crippen LogP contribution in [0.3, 0.4) is 0 Å². The summed E-state index contributed by atoms with van der Waals surface area (Å²) in [6.45, 7) is 0. The molecule has 0 spiro atoms. The number of rotatable bonds is 3. The molecule has 0 aromatic heterocycles. The third kappa shape index (κ3) is 2.83. The monoisotopic (exact) mass is 428 g/mol. The molecular formula is C30H21OP. The van der Waals surface area contributed by atoms with Crippen LogP contribution in [0, 0.1) is 0 Å². The third-order valence-electron chi connectivity index (χ3n) is 6.32. The lowest BCUT2D eigenvalue weighted by atomic mass is 9.97. The smallest absolute Gasteiger partial charge is 0.171 e. The highest BCUT2D eigenvalue weighted by Crippen LogP contribution is 2.46. The predicted molar refractivity (Wildman–Crippen MR) is 138 cm³/mol. The lowest BCUT2D eigenvalue weighted by Crippen LogP contribution is -2.25. The van der Waals surface area contributed by atoms with Crippen LogP contribution in [0.1, 0.15) is 0 Å². The first-order chi connectivity index (χ1) is 15.8. The van der Waals surface area contributed by atoms with E-state index in [9.17, 15) is 0 Å². The average molecular weight is 428 g/mol. The zero-order valence-electron chi connectivity index (χ0n) is 17.5. The maximum absolute atomic E-state index is 15.2. The van der Waals surface area contributed by atoms with Crippen LogP contribution >= 0.6 is 7.14 Å². The summed E-state index contributed by atoms with van der Waals surface area (Å²) < 4.78 is 15.2. The quantitative estimate of drug-likeness (QED) is 0.224. The molecule has 6 aromatic rings. The summed E-state index contributed by atoms with van der Waals surface area (Å²) in [5.74, 6) is 0. The molecule has 1 nitrogen and oxygen atoms in total. The fourth-order valence-corrected chi connectivity index (χ4v) is 7.69. The van der Waals surface area contributed by atoms with Crippen molar-refractivity contribution in [3.05, 3.63) is 127 Å². The SMILES string of the molecule is O=P(c1ccccc1)(c1ccccc1)c1cc2c3ccccc3ccc2c2ccccc12. The Hall–Kier alpha value is -3.67. The molecule has 32 heavy (non-hydrogen) atoms. The van der Waals surface area contributed by atoms with Gasteiger partial charge in [0.25, 0.3) is 0 Å². The molecule has 0 fully saturated rings. The molecule has 0 saturated carbocycles. The van der Waals surface area contributed by atoms with E-state index in [-0.39, 0.29) is 0 Å². The Morgan fingerprint density at radius 1 is 0.406 bits per heavy atom. The summed E-state index contributed by atoms with van der Waals surface area (Å²) in [4.78, 5) is 0. The van der Waals surface area contributed by atoms with Crippen molar-refractivity contribution in [1.82, 2.24) is 0 Å². The summed E-state index contributed by atoms with van der Waals surface area (Å²) in [6.07, 6.45) is 0. The molecule has 2 heteroatoms. The molecule has 0 aliphatic carbocycles. The van der Waals surface area contributed by atoms with E-state index in [0.29, 0.717) is 0 Å². The van der Waals surface area contributed by atoms with Crippen LogP contribution in [0.5, 0.6) is 0 Å². The van der Waals surface area contributed by atoms with Crippen molar-refractivity contribution in [2.45, 2.75) is 0 Å². The van der Waals surface area contributed by atoms with Gasteiger partial charge in [-0.25, -0.2) is 0 Å². The molecule has 6 rings (SSSR count). The molecule has 152 valence electrons. The second-order valence-corrected chi connectivity index (χ2v) is 10.8. The minimum atomic E-state index is -3.10. The van der Waals surface area contributed by atoms with E-state index >= 15 is 4.57 Å². The first-order valence-corrected chi connectivity index (χ1v) is 12.5. The summed E-state index contributed by atoms with van der Waals surface area (Å²) in [5.41, 5.74) is 0. The summed E-state index contributed by atoms with van der Waals surface area (Å²) >= 11 is 0. The Morgan fingerprint density at radius 3 is 1.56 bits per heavy atom. The molecule has 0 saturated heterocycles. The first kappa shape index (κ1) is 19.0. The molecule has 0 aliphatic rings. The van der Waals surface area contributed by atoms with Gasteiger partial charge in [0.15, 0.2) is 7.14 Å². The Labute approximate surface area is 187 Å². The Bertz CT molecular complexity index is 1590. The van der Waals surface area contributed by atoms with E-state index in [1.165, 1.54) is 16.2 Å². The Morgan fingerprint density at radius 2 is 0.906 bits per heavy atom. The molecule has 0 amide bonds. The van der Waals surface area contributed by atoms with Gasteiger partial charge in [-0.1, -0.05) is 121 Å². The number of hydrogen-bond donors (Lipinski definition) is 0. The highest BCUT2D eigenvalue weighted by molar-refractivity contribution is 7.85. The second-order valence-electron chi connectivity index (χ2n) is 8.10. The van der Waals surface area contributed by atoms with Gasteiger partial charge in [0.2, 0.25) is 0 Å². The van der Waals surface area contributed by atoms with Crippen LogP contribution in [0.2, 0.25) is 0 Å². The van der Waals surface area contributed by atoms with E-state index in [4.69, 9.17) is 0 Å². The Kier molecular flexibility index (Phi) is 4.45. The molecule has 6 aromatic carbocycles. The largest absolute Gasteiger partial charge is 0.309 e. The van der Waals surface area contributed by atoms with Crippen molar-refractivity contribution in [3.8, 4) is 0 Å². The van der Waals surface area contributed by atoms with Crippen LogP contribution in [0.15, 0.2) is 127 Å². The zero-order valence-corrected chi connectivity index (χ0v) is 18.4. The number of fused-ring (bicyclic) bond motifs is 5. The van der Waals surface area contributed by atoms with Gasteiger partial charge in [-0.3, -0.25) is 0 Å². The topological polar surface area (TPSA) is 17.1 Å². The first-order valence-electron chi connectivity index (χ1n) is 10.8. The van der Waals surface area contributed by atoms with Crippen molar-refractivity contribution < 1.29 is 4.57 Å². The molecule has 0 heterocycles. The van der Waals surface area contributed by atoms with E-state index in [1.807, 2.05) is 66.7 Å². The number of benzene rings is 6. The number of hydrogen-bond acceptors (Lipinski definition) is 1. The average Bonchev–Trinajstić information content (AvgIpc) is 2.88. The maximum Gasteiger partial charge on any atom is 0.171 e. The van der Waals surface area contributed by atoms with Gasteiger partial charge < -0.3 is 4.57 Å². The second kappa shape index (κ2) is 7.48. The maximum atomic E-state index is 15.2. The van der Waals surface area contributed by atoms with E-state index in [1.54, 1.807) is 0 Å². The van der Waals surface area contributed by atoms with Gasteiger partial charge in [0.05, 0.1) is 0 Å². The predicted octanol–water partition coefficient (Wildman–Crippen LogP) is 6.79. The fourth-order valence-electron chi connectivity index (χ4n) is 4.81. The van der Waals surface area contributed by atoms with Crippen molar-refractivity contribution in [2.24, 2.45) is 0 Å². The molecule has 0 unspecified atom stereocenters. The summed E-state index contributed by atoms with van der Waals surface area (Å²) in [5, 5.41) is 9.50. The van der Waals surface area contributed by atoms with Gasteiger partial charge in [-0.15, -0.1) is 0 Å². The molecule has 0 bridgehead atoms. The molecular weight excluding hydrogens is 407 g/mol. The van der Waals surface area contributed by atoms with Crippen LogP contribution in [-0.2, 0) is 4.57 Å². The van der Waals surface area contributed by atoms with Crippen LogP contribution in [0.25, 0.3) is 32.3 Å². The lowest BCUT2D eigenvalue weighted by Gasteiger charge is -2.23. The third-order valence-corrected chi connectivity index (χ3v) is 9.42. The zero-order chi connectivity index (χ0) is 21.5. The van der Waals surface area contributed by atoms with Crippen molar-refractivity contribution in [1.29, 1.82) is 0 Å². The van der Waals surface area contributed by atoms with Gasteiger partial charge >= 0.3 is 0 Å². The molecule has 0 atom stereocenters. The van der Waals surface area contributed by atoms with Crippen molar-refractivity contribution >= 4 is 55.4 Å².